The van der Waals surface area contributed by atoms with E-state index in [9.17, 15) is 4.79 Å². The Hall–Kier alpha value is -1.35. The van der Waals surface area contributed by atoms with Crippen molar-refractivity contribution in [2.75, 3.05) is 6.61 Å². The van der Waals surface area contributed by atoms with Crippen molar-refractivity contribution >= 4 is 5.91 Å². The monoisotopic (exact) mass is 261 g/mol. The third kappa shape index (κ3) is 4.06. The Morgan fingerprint density at radius 3 is 2.42 bits per heavy atom. The van der Waals surface area contributed by atoms with E-state index >= 15 is 0 Å². The first-order valence-electron chi connectivity index (χ1n) is 7.22. The van der Waals surface area contributed by atoms with E-state index < -0.39 is 0 Å². The topological polar surface area (TPSA) is 40.5 Å². The molecule has 0 radical (unpaired) electrons. The van der Waals surface area contributed by atoms with Gasteiger partial charge in [-0.3, -0.25) is 4.79 Å². The lowest BCUT2D eigenvalue weighted by molar-refractivity contribution is -0.132. The van der Waals surface area contributed by atoms with Crippen molar-refractivity contribution in [3.63, 3.8) is 0 Å². The van der Waals surface area contributed by atoms with Crippen LogP contribution in [0.2, 0.25) is 0 Å². The molecule has 1 aromatic rings. The Bertz CT molecular complexity index is 409. The Morgan fingerprint density at radius 2 is 1.89 bits per heavy atom. The minimum Gasteiger partial charge on any atom is -0.396 e. The van der Waals surface area contributed by atoms with Crippen LogP contribution in [0.4, 0.5) is 0 Å². The molecule has 0 atom stereocenters. The molecule has 2 rings (SSSR count). The number of aliphatic hydroxyl groups is 1. The molecule has 1 aliphatic carbocycles. The predicted octanol–water partition coefficient (Wildman–Crippen LogP) is 2.51. The summed E-state index contributed by atoms with van der Waals surface area (Å²) in [7, 11) is 0. The molecule has 3 nitrogen and oxygen atoms in total. The molecule has 0 heterocycles. The highest BCUT2D eigenvalue weighted by atomic mass is 16.3. The van der Waals surface area contributed by atoms with Crippen molar-refractivity contribution < 1.29 is 9.90 Å². The molecule has 1 amide bonds. The third-order valence-electron chi connectivity index (χ3n) is 3.64. The van der Waals surface area contributed by atoms with Crippen molar-refractivity contribution in [3.05, 3.63) is 35.4 Å². The van der Waals surface area contributed by atoms with Crippen molar-refractivity contribution in [3.8, 4) is 0 Å². The van der Waals surface area contributed by atoms with Crippen molar-refractivity contribution in [2.24, 2.45) is 0 Å². The predicted molar refractivity (Wildman–Crippen MR) is 75.7 cm³/mol. The summed E-state index contributed by atoms with van der Waals surface area (Å²) in [6.07, 6.45) is 4.31. The minimum absolute atomic E-state index is 0.0927. The lowest BCUT2D eigenvalue weighted by atomic mass is 10.1. The summed E-state index contributed by atoms with van der Waals surface area (Å²) < 4.78 is 0. The highest BCUT2D eigenvalue weighted by Gasteiger charge is 2.31. The highest BCUT2D eigenvalue weighted by molar-refractivity contribution is 5.76. The molecule has 0 bridgehead atoms. The van der Waals surface area contributed by atoms with E-state index in [1.807, 2.05) is 4.90 Å². The third-order valence-corrected chi connectivity index (χ3v) is 3.64. The normalized spacial score (nSPS) is 14.4. The molecule has 1 N–H and O–H groups in total. The van der Waals surface area contributed by atoms with Gasteiger partial charge in [0.05, 0.1) is 0 Å². The Labute approximate surface area is 115 Å². The van der Waals surface area contributed by atoms with Crippen LogP contribution in [-0.4, -0.2) is 28.6 Å². The summed E-state index contributed by atoms with van der Waals surface area (Å²) in [5.74, 6) is 0.177. The zero-order valence-corrected chi connectivity index (χ0v) is 11.6. The number of amides is 1. The molecule has 0 saturated heterocycles. The molecule has 1 aliphatic rings. The average Bonchev–Trinajstić information content (AvgIpc) is 3.27. The number of nitrogens with zero attached hydrogens (tertiary/aromatic N) is 1. The zero-order valence-electron chi connectivity index (χ0n) is 11.6. The van der Waals surface area contributed by atoms with E-state index in [0.29, 0.717) is 25.4 Å². The first-order valence-corrected chi connectivity index (χ1v) is 7.22. The van der Waals surface area contributed by atoms with Crippen LogP contribution >= 0.6 is 0 Å². The highest BCUT2D eigenvalue weighted by Crippen LogP contribution is 2.29. The van der Waals surface area contributed by atoms with Gasteiger partial charge in [0, 0.05) is 25.6 Å². The van der Waals surface area contributed by atoms with Crippen molar-refractivity contribution in [1.29, 1.82) is 0 Å². The van der Waals surface area contributed by atoms with Crippen LogP contribution in [0.25, 0.3) is 0 Å². The maximum absolute atomic E-state index is 12.1. The number of aliphatic hydroxyl groups excluding tert-OH is 1. The molecule has 104 valence electrons. The standard InChI is InChI=1S/C16H23NO2/c1-2-13-5-7-14(8-6-13)12-17(15-9-10-15)16(19)4-3-11-18/h5-8,15,18H,2-4,9-12H2,1H3. The number of benzene rings is 1. The van der Waals surface area contributed by atoms with E-state index in [0.717, 1.165) is 19.3 Å². The molecule has 0 spiro atoms. The van der Waals surface area contributed by atoms with E-state index in [2.05, 4.69) is 31.2 Å². The molecule has 0 aromatic heterocycles. The van der Waals surface area contributed by atoms with Gasteiger partial charge in [-0.25, -0.2) is 0 Å². The summed E-state index contributed by atoms with van der Waals surface area (Å²) in [4.78, 5) is 14.1. The molecule has 0 aliphatic heterocycles. The van der Waals surface area contributed by atoms with Gasteiger partial charge in [0.2, 0.25) is 5.91 Å². The molecule has 1 aromatic carbocycles. The number of carbonyl (C=O) groups excluding carboxylic acids is 1. The first kappa shape index (κ1) is 14.1. The second-order valence-corrected chi connectivity index (χ2v) is 5.25. The maximum atomic E-state index is 12.1. The summed E-state index contributed by atoms with van der Waals surface area (Å²) >= 11 is 0. The van der Waals surface area contributed by atoms with Gasteiger partial charge < -0.3 is 10.0 Å². The Kier molecular flexibility index (Phi) is 4.97. The SMILES string of the molecule is CCc1ccc(CN(C(=O)CCCO)C2CC2)cc1. The lowest BCUT2D eigenvalue weighted by Gasteiger charge is -2.22. The van der Waals surface area contributed by atoms with E-state index in [-0.39, 0.29) is 12.5 Å². The number of carbonyl (C=O) groups is 1. The molecule has 3 heteroatoms. The molecule has 19 heavy (non-hydrogen) atoms. The Balaban J connectivity index is 1.97. The fraction of sp³-hybridized carbons (Fsp3) is 0.562. The lowest BCUT2D eigenvalue weighted by Crippen LogP contribution is -2.32. The van der Waals surface area contributed by atoms with Crippen molar-refractivity contribution in [2.45, 2.75) is 51.6 Å². The zero-order chi connectivity index (χ0) is 13.7. The van der Waals surface area contributed by atoms with Gasteiger partial charge in [-0.1, -0.05) is 31.2 Å². The van der Waals surface area contributed by atoms with Crippen molar-refractivity contribution in [1.82, 2.24) is 4.90 Å². The number of hydrogen-bond acceptors (Lipinski definition) is 2. The van der Waals surface area contributed by atoms with Gasteiger partial charge in [0.15, 0.2) is 0 Å². The average molecular weight is 261 g/mol. The van der Waals surface area contributed by atoms with Crippen LogP contribution in [-0.2, 0) is 17.8 Å². The smallest absolute Gasteiger partial charge is 0.223 e. The maximum Gasteiger partial charge on any atom is 0.223 e. The molecule has 1 fully saturated rings. The summed E-state index contributed by atoms with van der Waals surface area (Å²) in [6, 6.07) is 8.94. The van der Waals surface area contributed by atoms with E-state index in [1.165, 1.54) is 11.1 Å². The van der Waals surface area contributed by atoms with Crippen LogP contribution in [0.15, 0.2) is 24.3 Å². The quantitative estimate of drug-likeness (QED) is 0.819. The second-order valence-electron chi connectivity index (χ2n) is 5.25. The van der Waals surface area contributed by atoms with Gasteiger partial charge in [0.1, 0.15) is 0 Å². The van der Waals surface area contributed by atoms with Crippen LogP contribution in [0, 0.1) is 0 Å². The van der Waals surface area contributed by atoms with Gasteiger partial charge in [-0.15, -0.1) is 0 Å². The molecular formula is C16H23NO2. The number of rotatable bonds is 7. The summed E-state index contributed by atoms with van der Waals surface area (Å²) in [5, 5.41) is 8.83. The molecule has 0 unspecified atom stereocenters. The fourth-order valence-electron chi connectivity index (χ4n) is 2.26. The van der Waals surface area contributed by atoms with Crippen LogP contribution in [0.5, 0.6) is 0 Å². The fourth-order valence-corrected chi connectivity index (χ4v) is 2.26. The first-order chi connectivity index (χ1) is 9.24. The van der Waals surface area contributed by atoms with Gasteiger partial charge in [-0.05, 0) is 36.8 Å². The summed E-state index contributed by atoms with van der Waals surface area (Å²) in [6.45, 7) is 2.94. The van der Waals surface area contributed by atoms with Crippen LogP contribution in [0.3, 0.4) is 0 Å². The van der Waals surface area contributed by atoms with E-state index in [4.69, 9.17) is 5.11 Å². The Morgan fingerprint density at radius 1 is 1.26 bits per heavy atom. The minimum atomic E-state index is 0.0927. The van der Waals surface area contributed by atoms with Gasteiger partial charge in [0.25, 0.3) is 0 Å². The van der Waals surface area contributed by atoms with E-state index in [1.54, 1.807) is 0 Å². The molecular weight excluding hydrogens is 238 g/mol. The number of aryl methyl sites for hydroxylation is 1. The van der Waals surface area contributed by atoms with Crippen LogP contribution in [0.1, 0.15) is 43.7 Å². The number of hydrogen-bond donors (Lipinski definition) is 1. The van der Waals surface area contributed by atoms with Gasteiger partial charge in [-0.2, -0.15) is 0 Å². The summed E-state index contributed by atoms with van der Waals surface area (Å²) in [5.41, 5.74) is 2.52. The second kappa shape index (κ2) is 6.71. The van der Waals surface area contributed by atoms with Gasteiger partial charge >= 0.3 is 0 Å². The largest absolute Gasteiger partial charge is 0.396 e. The molecule has 1 saturated carbocycles. The van der Waals surface area contributed by atoms with Crippen LogP contribution < -0.4 is 0 Å².